The van der Waals surface area contributed by atoms with Crippen molar-refractivity contribution >= 4 is 11.7 Å². The normalized spacial score (nSPS) is 37.1. The van der Waals surface area contributed by atoms with Gasteiger partial charge in [0.2, 0.25) is 5.91 Å². The number of hydrogen-bond acceptors (Lipinski definition) is 2. The molecule has 2 rings (SSSR count). The molecule has 3 nitrogen and oxygen atoms in total. The lowest BCUT2D eigenvalue weighted by molar-refractivity contribution is -0.136. The zero-order chi connectivity index (χ0) is 11.4. The number of rotatable bonds is 1. The summed E-state index contributed by atoms with van der Waals surface area (Å²) >= 11 is 0. The van der Waals surface area contributed by atoms with E-state index in [2.05, 4.69) is 13.8 Å². The van der Waals surface area contributed by atoms with Crippen molar-refractivity contribution in [2.75, 3.05) is 6.54 Å². The van der Waals surface area contributed by atoms with Gasteiger partial charge in [0, 0.05) is 13.5 Å². The van der Waals surface area contributed by atoms with Gasteiger partial charge in [0.05, 0.1) is 6.04 Å². The number of nitrogens with zero attached hydrogens (tertiary/aromatic N) is 1. The Morgan fingerprint density at radius 3 is 2.27 bits per heavy atom. The predicted octanol–water partition coefficient (Wildman–Crippen LogP) is 1.47. The minimum Gasteiger partial charge on any atom is -0.332 e. The molecule has 3 heteroatoms. The Labute approximate surface area is 90.8 Å². The van der Waals surface area contributed by atoms with Gasteiger partial charge in [-0.2, -0.15) is 0 Å². The maximum atomic E-state index is 11.6. The molecule has 1 aliphatic carbocycles. The minimum absolute atomic E-state index is 0.0420. The van der Waals surface area contributed by atoms with Gasteiger partial charge in [-0.25, -0.2) is 0 Å². The van der Waals surface area contributed by atoms with Gasteiger partial charge in [0.1, 0.15) is 0 Å². The summed E-state index contributed by atoms with van der Waals surface area (Å²) in [6.07, 6.45) is 1.08. The van der Waals surface area contributed by atoms with Crippen molar-refractivity contribution < 1.29 is 9.59 Å². The molecule has 3 unspecified atom stereocenters. The third-order valence-corrected chi connectivity index (χ3v) is 4.24. The SMILES string of the molecule is CC(=O)C1C2CC(C)(C)C2CN1C(C)=O. The number of amides is 1. The molecule has 1 saturated heterocycles. The van der Waals surface area contributed by atoms with Gasteiger partial charge in [-0.05, 0) is 30.6 Å². The van der Waals surface area contributed by atoms with E-state index in [1.54, 1.807) is 18.7 Å². The number of fused-ring (bicyclic) bond motifs is 1. The second-order valence-corrected chi connectivity index (χ2v) is 5.69. The van der Waals surface area contributed by atoms with Crippen LogP contribution in [-0.4, -0.2) is 29.2 Å². The van der Waals surface area contributed by atoms with Gasteiger partial charge in [-0.3, -0.25) is 9.59 Å². The zero-order valence-corrected chi connectivity index (χ0v) is 9.91. The predicted molar refractivity (Wildman–Crippen MR) is 57.2 cm³/mol. The van der Waals surface area contributed by atoms with E-state index >= 15 is 0 Å². The standard InChI is InChI=1S/C12H19NO2/c1-7(14)11-9-5-12(3,4)10(9)6-13(11)8(2)15/h9-11H,5-6H2,1-4H3. The first-order valence-electron chi connectivity index (χ1n) is 5.62. The average molecular weight is 209 g/mol. The smallest absolute Gasteiger partial charge is 0.220 e. The number of hydrogen-bond donors (Lipinski definition) is 0. The summed E-state index contributed by atoms with van der Waals surface area (Å²) in [5.74, 6) is 1.13. The van der Waals surface area contributed by atoms with E-state index in [0.29, 0.717) is 17.3 Å². The Morgan fingerprint density at radius 1 is 1.27 bits per heavy atom. The summed E-state index contributed by atoms with van der Waals surface area (Å²) in [5.41, 5.74) is 0.308. The van der Waals surface area contributed by atoms with Crippen LogP contribution in [0, 0.1) is 17.3 Å². The number of likely N-dealkylation sites (tertiary alicyclic amines) is 1. The molecule has 2 fully saturated rings. The Balaban J connectivity index is 2.23. The first kappa shape index (κ1) is 10.7. The first-order valence-corrected chi connectivity index (χ1v) is 5.62. The summed E-state index contributed by atoms with van der Waals surface area (Å²) < 4.78 is 0. The molecule has 0 aromatic rings. The summed E-state index contributed by atoms with van der Waals surface area (Å²) in [5, 5.41) is 0. The number of carbonyl (C=O) groups excluding carboxylic acids is 2. The summed E-state index contributed by atoms with van der Waals surface area (Å²) in [4.78, 5) is 24.8. The average Bonchev–Trinajstić information content (AvgIpc) is 2.39. The van der Waals surface area contributed by atoms with Crippen LogP contribution in [0.2, 0.25) is 0 Å². The van der Waals surface area contributed by atoms with Crippen LogP contribution in [0.3, 0.4) is 0 Å². The van der Waals surface area contributed by atoms with E-state index in [1.807, 2.05) is 0 Å². The molecular formula is C12H19NO2. The number of ketones is 1. The van der Waals surface area contributed by atoms with Gasteiger partial charge in [-0.1, -0.05) is 13.8 Å². The molecule has 2 aliphatic rings. The van der Waals surface area contributed by atoms with Crippen molar-refractivity contribution in [3.05, 3.63) is 0 Å². The maximum absolute atomic E-state index is 11.6. The van der Waals surface area contributed by atoms with E-state index in [1.165, 1.54) is 0 Å². The second kappa shape index (κ2) is 3.06. The highest BCUT2D eigenvalue weighted by Gasteiger charge is 2.58. The van der Waals surface area contributed by atoms with Gasteiger partial charge in [-0.15, -0.1) is 0 Å². The van der Waals surface area contributed by atoms with Crippen molar-refractivity contribution in [1.29, 1.82) is 0 Å². The molecular weight excluding hydrogens is 190 g/mol. The van der Waals surface area contributed by atoms with E-state index in [4.69, 9.17) is 0 Å². The van der Waals surface area contributed by atoms with Crippen LogP contribution in [0.15, 0.2) is 0 Å². The highest BCUT2D eigenvalue weighted by Crippen LogP contribution is 2.56. The van der Waals surface area contributed by atoms with Crippen molar-refractivity contribution in [3.63, 3.8) is 0 Å². The van der Waals surface area contributed by atoms with Crippen LogP contribution in [0.1, 0.15) is 34.1 Å². The van der Waals surface area contributed by atoms with Crippen LogP contribution in [0.5, 0.6) is 0 Å². The molecule has 84 valence electrons. The number of carbonyl (C=O) groups is 2. The molecule has 0 radical (unpaired) electrons. The molecule has 0 aromatic heterocycles. The van der Waals surface area contributed by atoms with Crippen LogP contribution in [-0.2, 0) is 9.59 Å². The van der Waals surface area contributed by atoms with Crippen molar-refractivity contribution in [2.45, 2.75) is 40.2 Å². The van der Waals surface area contributed by atoms with Crippen molar-refractivity contribution in [1.82, 2.24) is 4.90 Å². The fourth-order valence-corrected chi connectivity index (χ4v) is 3.44. The third-order valence-electron chi connectivity index (χ3n) is 4.24. The van der Waals surface area contributed by atoms with Crippen molar-refractivity contribution in [3.8, 4) is 0 Å². The molecule has 0 bridgehead atoms. The monoisotopic (exact) mass is 209 g/mol. The van der Waals surface area contributed by atoms with Crippen LogP contribution < -0.4 is 0 Å². The first-order chi connectivity index (χ1) is 6.84. The van der Waals surface area contributed by atoms with Crippen LogP contribution in [0.25, 0.3) is 0 Å². The Kier molecular flexibility index (Phi) is 2.18. The lowest BCUT2D eigenvalue weighted by atomic mass is 9.55. The molecule has 0 spiro atoms. The largest absolute Gasteiger partial charge is 0.332 e. The van der Waals surface area contributed by atoms with Gasteiger partial charge in [0.25, 0.3) is 0 Å². The van der Waals surface area contributed by atoms with Gasteiger partial charge < -0.3 is 4.90 Å². The molecule has 3 atom stereocenters. The highest BCUT2D eigenvalue weighted by atomic mass is 16.2. The van der Waals surface area contributed by atoms with E-state index in [9.17, 15) is 9.59 Å². The van der Waals surface area contributed by atoms with Crippen LogP contribution in [0.4, 0.5) is 0 Å². The molecule has 1 heterocycles. The Hall–Kier alpha value is -0.860. The lowest BCUT2D eigenvalue weighted by Crippen LogP contribution is -2.47. The molecule has 1 amide bonds. The fourth-order valence-electron chi connectivity index (χ4n) is 3.44. The highest BCUT2D eigenvalue weighted by molar-refractivity contribution is 5.88. The molecule has 0 aromatic carbocycles. The maximum Gasteiger partial charge on any atom is 0.220 e. The number of Topliss-reactive ketones (excluding diaryl/α,β-unsaturated/α-hetero) is 1. The third kappa shape index (κ3) is 1.40. The fraction of sp³-hybridized carbons (Fsp3) is 0.833. The van der Waals surface area contributed by atoms with E-state index < -0.39 is 0 Å². The molecule has 1 aliphatic heterocycles. The molecule has 0 N–H and O–H groups in total. The Bertz CT molecular complexity index is 322. The topological polar surface area (TPSA) is 37.4 Å². The minimum atomic E-state index is -0.138. The summed E-state index contributed by atoms with van der Waals surface area (Å²) in [6, 6.07) is -0.138. The van der Waals surface area contributed by atoms with E-state index in [-0.39, 0.29) is 17.7 Å². The summed E-state index contributed by atoms with van der Waals surface area (Å²) in [7, 11) is 0. The quantitative estimate of drug-likeness (QED) is 0.655. The zero-order valence-electron chi connectivity index (χ0n) is 9.91. The Morgan fingerprint density at radius 2 is 1.87 bits per heavy atom. The van der Waals surface area contributed by atoms with E-state index in [0.717, 1.165) is 13.0 Å². The molecule has 1 saturated carbocycles. The van der Waals surface area contributed by atoms with Crippen molar-refractivity contribution in [2.24, 2.45) is 17.3 Å². The van der Waals surface area contributed by atoms with Gasteiger partial charge >= 0.3 is 0 Å². The van der Waals surface area contributed by atoms with Gasteiger partial charge in [0.15, 0.2) is 5.78 Å². The summed E-state index contributed by atoms with van der Waals surface area (Å²) in [6.45, 7) is 8.41. The molecule has 15 heavy (non-hydrogen) atoms. The second-order valence-electron chi connectivity index (χ2n) is 5.69. The lowest BCUT2D eigenvalue weighted by Gasteiger charge is -2.48. The van der Waals surface area contributed by atoms with Crippen LogP contribution >= 0.6 is 0 Å².